The maximum atomic E-state index is 12.8. The van der Waals surface area contributed by atoms with Crippen LogP contribution >= 0.6 is 0 Å². The van der Waals surface area contributed by atoms with E-state index in [1.807, 2.05) is 24.3 Å². The fraction of sp³-hybridized carbons (Fsp3) is 0.174. The summed E-state index contributed by atoms with van der Waals surface area (Å²) >= 11 is 0. The van der Waals surface area contributed by atoms with Crippen molar-refractivity contribution >= 4 is 23.1 Å². The first-order valence-electron chi connectivity index (χ1n) is 9.56. The average Bonchev–Trinajstić information content (AvgIpc) is 3.21. The summed E-state index contributed by atoms with van der Waals surface area (Å²) in [6, 6.07) is 17.9. The molecule has 0 aliphatic heterocycles. The molecule has 2 heterocycles. The molecule has 4 rings (SSSR count). The monoisotopic (exact) mass is 399 g/mol. The van der Waals surface area contributed by atoms with Gasteiger partial charge in [0.2, 0.25) is 0 Å². The maximum Gasteiger partial charge on any atom is 0.256 e. The highest BCUT2D eigenvalue weighted by Gasteiger charge is 2.15. The van der Waals surface area contributed by atoms with E-state index in [-0.39, 0.29) is 11.3 Å². The molecule has 0 radical (unpaired) electrons. The average molecular weight is 399 g/mol. The van der Waals surface area contributed by atoms with Crippen molar-refractivity contribution in [2.75, 3.05) is 5.32 Å². The number of carbonyl (C=O) groups excluding carboxylic acids is 1. The van der Waals surface area contributed by atoms with Gasteiger partial charge >= 0.3 is 0 Å². The second-order valence-corrected chi connectivity index (χ2v) is 8.05. The summed E-state index contributed by atoms with van der Waals surface area (Å²) in [6.07, 6.45) is 1.64. The van der Waals surface area contributed by atoms with E-state index in [1.165, 1.54) is 0 Å². The Morgan fingerprint density at radius 3 is 2.33 bits per heavy atom. The van der Waals surface area contributed by atoms with E-state index in [9.17, 15) is 9.70 Å². The van der Waals surface area contributed by atoms with E-state index in [4.69, 9.17) is 0 Å². The van der Waals surface area contributed by atoms with Gasteiger partial charge in [-0.2, -0.15) is 5.10 Å². The van der Waals surface area contributed by atoms with Gasteiger partial charge in [-0.3, -0.25) is 4.79 Å². The number of nitroso groups, excluding NO2 is 1. The summed E-state index contributed by atoms with van der Waals surface area (Å²) in [5, 5.41) is 10.1. The molecule has 1 amide bonds. The Balaban J connectivity index is 1.66. The minimum atomic E-state index is -0.238. The highest BCUT2D eigenvalue weighted by atomic mass is 16.3. The molecule has 0 fully saturated rings. The molecule has 7 nitrogen and oxygen atoms in total. The molecule has 0 aliphatic rings. The topological polar surface area (TPSA) is 88.7 Å². The van der Waals surface area contributed by atoms with Gasteiger partial charge in [-0.25, -0.2) is 9.50 Å². The summed E-state index contributed by atoms with van der Waals surface area (Å²) in [5.74, 6) is 0.179. The van der Waals surface area contributed by atoms with Gasteiger partial charge in [0.15, 0.2) is 5.65 Å². The van der Waals surface area contributed by atoms with Gasteiger partial charge in [0.1, 0.15) is 11.5 Å². The second kappa shape index (κ2) is 7.51. The lowest BCUT2D eigenvalue weighted by Crippen LogP contribution is -2.15. The number of carbonyl (C=O) groups is 1. The molecule has 0 atom stereocenters. The Morgan fingerprint density at radius 2 is 1.70 bits per heavy atom. The van der Waals surface area contributed by atoms with Gasteiger partial charge in [-0.05, 0) is 40.4 Å². The number of rotatable bonds is 4. The Labute approximate surface area is 173 Å². The van der Waals surface area contributed by atoms with Crippen LogP contribution in [0.2, 0.25) is 0 Å². The standard InChI is InChI=1S/C23H21N5O2/c1-23(2,3)17-8-4-16(5-9-17)22(29)26-20-14-19(28-21(25-20)12-13-24-28)15-6-10-18(27-30)11-7-15/h4-14H,1-3H3,(H,25,26,29). The van der Waals surface area contributed by atoms with Crippen LogP contribution in [0.3, 0.4) is 0 Å². The van der Waals surface area contributed by atoms with E-state index >= 15 is 0 Å². The number of fused-ring (bicyclic) bond motifs is 1. The molecule has 0 spiro atoms. The normalized spacial score (nSPS) is 11.4. The van der Waals surface area contributed by atoms with Gasteiger partial charge < -0.3 is 5.32 Å². The first-order valence-corrected chi connectivity index (χ1v) is 9.56. The van der Waals surface area contributed by atoms with E-state index in [0.717, 1.165) is 16.8 Å². The van der Waals surface area contributed by atoms with Crippen molar-refractivity contribution in [2.45, 2.75) is 26.2 Å². The molecule has 2 aromatic heterocycles. The van der Waals surface area contributed by atoms with Crippen LogP contribution in [-0.4, -0.2) is 20.5 Å². The minimum Gasteiger partial charge on any atom is -0.306 e. The predicted molar refractivity (Wildman–Crippen MR) is 117 cm³/mol. The van der Waals surface area contributed by atoms with Crippen molar-refractivity contribution in [1.29, 1.82) is 0 Å². The van der Waals surface area contributed by atoms with E-state index < -0.39 is 0 Å². The number of benzene rings is 2. The molecular weight excluding hydrogens is 378 g/mol. The first kappa shape index (κ1) is 19.4. The van der Waals surface area contributed by atoms with Crippen LogP contribution in [0.15, 0.2) is 72.0 Å². The van der Waals surface area contributed by atoms with Crippen molar-refractivity contribution in [2.24, 2.45) is 5.18 Å². The van der Waals surface area contributed by atoms with Gasteiger partial charge in [-0.15, -0.1) is 4.91 Å². The Bertz CT molecular complexity index is 1220. The van der Waals surface area contributed by atoms with Gasteiger partial charge in [0.25, 0.3) is 5.91 Å². The number of amides is 1. The SMILES string of the molecule is CC(C)(C)c1ccc(C(=O)Nc2cc(-c3ccc(N=O)cc3)n3nccc3n2)cc1. The molecule has 7 heteroatoms. The lowest BCUT2D eigenvalue weighted by molar-refractivity contribution is 0.102. The second-order valence-electron chi connectivity index (χ2n) is 8.05. The van der Waals surface area contributed by atoms with Crippen molar-refractivity contribution < 1.29 is 4.79 Å². The quantitative estimate of drug-likeness (QED) is 0.469. The van der Waals surface area contributed by atoms with Crippen molar-refractivity contribution in [1.82, 2.24) is 14.6 Å². The number of nitrogens with one attached hydrogen (secondary N) is 1. The van der Waals surface area contributed by atoms with Crippen LogP contribution in [0.1, 0.15) is 36.7 Å². The first-order chi connectivity index (χ1) is 14.3. The molecule has 0 unspecified atom stereocenters. The molecule has 4 aromatic rings. The smallest absolute Gasteiger partial charge is 0.256 e. The molecule has 0 saturated heterocycles. The molecule has 0 saturated carbocycles. The third-order valence-corrected chi connectivity index (χ3v) is 4.88. The number of anilines is 1. The number of aromatic nitrogens is 3. The highest BCUT2D eigenvalue weighted by Crippen LogP contribution is 2.26. The predicted octanol–water partition coefficient (Wildman–Crippen LogP) is 5.34. The molecule has 150 valence electrons. The van der Waals surface area contributed by atoms with Crippen molar-refractivity contribution in [3.05, 3.63) is 82.9 Å². The Morgan fingerprint density at radius 1 is 1.00 bits per heavy atom. The Hall–Kier alpha value is -3.87. The number of hydrogen-bond acceptors (Lipinski definition) is 5. The highest BCUT2D eigenvalue weighted by molar-refractivity contribution is 6.04. The van der Waals surface area contributed by atoms with Crippen LogP contribution < -0.4 is 5.32 Å². The van der Waals surface area contributed by atoms with Crippen LogP contribution in [0.5, 0.6) is 0 Å². The van der Waals surface area contributed by atoms with Gasteiger partial charge in [-0.1, -0.05) is 45.0 Å². The number of nitrogens with zero attached hydrogens (tertiary/aromatic N) is 4. The summed E-state index contributed by atoms with van der Waals surface area (Å²) < 4.78 is 1.68. The summed E-state index contributed by atoms with van der Waals surface area (Å²) in [4.78, 5) is 27.9. The zero-order valence-electron chi connectivity index (χ0n) is 17.0. The zero-order valence-corrected chi connectivity index (χ0v) is 17.0. The molecule has 1 N–H and O–H groups in total. The fourth-order valence-electron chi connectivity index (χ4n) is 3.19. The number of hydrogen-bond donors (Lipinski definition) is 1. The van der Waals surface area contributed by atoms with Crippen molar-refractivity contribution in [3.8, 4) is 11.3 Å². The third-order valence-electron chi connectivity index (χ3n) is 4.88. The maximum absolute atomic E-state index is 12.8. The fourth-order valence-corrected chi connectivity index (χ4v) is 3.19. The van der Waals surface area contributed by atoms with E-state index in [2.05, 4.69) is 41.3 Å². The molecule has 0 aliphatic carbocycles. The Kier molecular flexibility index (Phi) is 4.87. The molecular formula is C23H21N5O2. The lowest BCUT2D eigenvalue weighted by atomic mass is 9.87. The molecule has 0 bridgehead atoms. The van der Waals surface area contributed by atoms with Crippen LogP contribution in [0, 0.1) is 4.91 Å². The third kappa shape index (κ3) is 3.82. The van der Waals surface area contributed by atoms with Crippen LogP contribution in [-0.2, 0) is 5.41 Å². The summed E-state index contributed by atoms with van der Waals surface area (Å²) in [6.45, 7) is 6.39. The minimum absolute atomic E-state index is 0.0213. The van der Waals surface area contributed by atoms with E-state index in [0.29, 0.717) is 22.7 Å². The largest absolute Gasteiger partial charge is 0.306 e. The van der Waals surface area contributed by atoms with Crippen LogP contribution in [0.25, 0.3) is 16.9 Å². The van der Waals surface area contributed by atoms with Crippen LogP contribution in [0.4, 0.5) is 11.5 Å². The van der Waals surface area contributed by atoms with E-state index in [1.54, 1.807) is 47.1 Å². The molecule has 30 heavy (non-hydrogen) atoms. The van der Waals surface area contributed by atoms with Gasteiger partial charge in [0, 0.05) is 23.3 Å². The zero-order chi connectivity index (χ0) is 21.3. The summed E-state index contributed by atoms with van der Waals surface area (Å²) in [5.41, 5.74) is 4.24. The molecule has 2 aromatic carbocycles. The van der Waals surface area contributed by atoms with Crippen molar-refractivity contribution in [3.63, 3.8) is 0 Å². The summed E-state index contributed by atoms with van der Waals surface area (Å²) in [7, 11) is 0. The van der Waals surface area contributed by atoms with Gasteiger partial charge in [0.05, 0.1) is 11.9 Å². The lowest BCUT2D eigenvalue weighted by Gasteiger charge is -2.19.